The van der Waals surface area contributed by atoms with Gasteiger partial charge in [-0.15, -0.1) is 5.10 Å². The highest BCUT2D eigenvalue weighted by molar-refractivity contribution is 7.15. The molecule has 0 fully saturated rings. The summed E-state index contributed by atoms with van der Waals surface area (Å²) in [5, 5.41) is 4.36. The quantitative estimate of drug-likeness (QED) is 0.531. The van der Waals surface area contributed by atoms with Gasteiger partial charge in [0.1, 0.15) is 12.4 Å². The molecular weight excluding hydrogens is 378 g/mol. The molecular formula is C20H15N3O4S. The Kier molecular flexibility index (Phi) is 3.98. The molecule has 0 spiro atoms. The second-order valence-electron chi connectivity index (χ2n) is 6.22. The summed E-state index contributed by atoms with van der Waals surface area (Å²) in [4.78, 5) is 17.7. The lowest BCUT2D eigenvalue weighted by atomic mass is 10.2. The van der Waals surface area contributed by atoms with Crippen molar-refractivity contribution in [2.45, 2.75) is 6.10 Å². The molecule has 0 bridgehead atoms. The molecule has 0 saturated heterocycles. The zero-order chi connectivity index (χ0) is 19.1. The van der Waals surface area contributed by atoms with E-state index in [1.165, 1.54) is 15.9 Å². The van der Waals surface area contributed by atoms with Crippen LogP contribution in [0.2, 0.25) is 0 Å². The number of para-hydroxylation sites is 2. The Morgan fingerprint density at radius 3 is 2.89 bits per heavy atom. The first-order valence-electron chi connectivity index (χ1n) is 8.65. The van der Waals surface area contributed by atoms with Crippen molar-refractivity contribution in [1.82, 2.24) is 14.6 Å². The molecule has 0 amide bonds. The number of methoxy groups -OCH3 is 1. The summed E-state index contributed by atoms with van der Waals surface area (Å²) in [5.41, 5.74) is 0.667. The summed E-state index contributed by atoms with van der Waals surface area (Å²) >= 11 is 1.29. The maximum atomic E-state index is 12.7. The van der Waals surface area contributed by atoms with Crippen LogP contribution in [-0.4, -0.2) is 28.3 Å². The van der Waals surface area contributed by atoms with Gasteiger partial charge in [0, 0.05) is 0 Å². The van der Waals surface area contributed by atoms with Gasteiger partial charge < -0.3 is 14.2 Å². The molecule has 0 saturated carbocycles. The van der Waals surface area contributed by atoms with Gasteiger partial charge in [-0.25, -0.2) is 0 Å². The van der Waals surface area contributed by atoms with E-state index in [-0.39, 0.29) is 5.56 Å². The maximum absolute atomic E-state index is 12.7. The fraction of sp³-hybridized carbons (Fsp3) is 0.150. The van der Waals surface area contributed by atoms with Crippen LogP contribution in [0.25, 0.3) is 11.0 Å². The van der Waals surface area contributed by atoms with Gasteiger partial charge in [0.25, 0.3) is 5.56 Å². The Labute approximate surface area is 163 Å². The molecule has 0 N–H and O–H groups in total. The highest BCUT2D eigenvalue weighted by Gasteiger charge is 2.27. The van der Waals surface area contributed by atoms with Crippen molar-refractivity contribution in [3.63, 3.8) is 0 Å². The van der Waals surface area contributed by atoms with Gasteiger partial charge in [-0.3, -0.25) is 4.79 Å². The van der Waals surface area contributed by atoms with Crippen LogP contribution in [0.3, 0.4) is 0 Å². The zero-order valence-corrected chi connectivity index (χ0v) is 15.7. The highest BCUT2D eigenvalue weighted by atomic mass is 32.1. The number of nitrogens with zero attached hydrogens (tertiary/aromatic N) is 3. The first kappa shape index (κ1) is 16.8. The predicted octanol–water partition coefficient (Wildman–Crippen LogP) is 2.22. The van der Waals surface area contributed by atoms with Crippen molar-refractivity contribution in [1.29, 1.82) is 0 Å². The lowest BCUT2D eigenvalue weighted by Crippen LogP contribution is -2.26. The Bertz CT molecular complexity index is 1280. The van der Waals surface area contributed by atoms with Crippen LogP contribution in [0.4, 0.5) is 0 Å². The van der Waals surface area contributed by atoms with E-state index in [2.05, 4.69) is 10.1 Å². The Hall–Kier alpha value is -3.39. The fourth-order valence-electron chi connectivity index (χ4n) is 3.01. The summed E-state index contributed by atoms with van der Waals surface area (Å²) in [6.07, 6.45) is 1.36. The molecule has 3 heterocycles. The molecule has 1 unspecified atom stereocenters. The molecule has 1 aliphatic heterocycles. The van der Waals surface area contributed by atoms with E-state index in [4.69, 9.17) is 14.2 Å². The minimum Gasteiger partial charge on any atom is -0.497 e. The standard InChI is InChI=1S/C20H15N3O4S/c1-25-13-6-4-5-12(9-13)10-17-19(24)23-20(28-17)21-18(22-23)16-11-26-14-7-2-3-8-15(14)27-16/h2-10,16H,11H2,1H3. The fourth-order valence-corrected chi connectivity index (χ4v) is 3.93. The molecule has 2 aromatic heterocycles. The molecule has 0 aliphatic carbocycles. The molecule has 4 aromatic rings. The maximum Gasteiger partial charge on any atom is 0.291 e. The number of hydrogen-bond donors (Lipinski definition) is 0. The molecule has 28 heavy (non-hydrogen) atoms. The largest absolute Gasteiger partial charge is 0.497 e. The molecule has 2 aromatic carbocycles. The molecule has 0 radical (unpaired) electrons. The summed E-state index contributed by atoms with van der Waals surface area (Å²) in [6.45, 7) is 0.297. The summed E-state index contributed by atoms with van der Waals surface area (Å²) in [6, 6.07) is 15.0. The Morgan fingerprint density at radius 2 is 2.07 bits per heavy atom. The third-order valence-electron chi connectivity index (χ3n) is 4.39. The third-order valence-corrected chi connectivity index (χ3v) is 5.35. The predicted molar refractivity (Wildman–Crippen MR) is 104 cm³/mol. The SMILES string of the molecule is COc1cccc(C=c2sc3nc(C4COc5ccccc5O4)nn3c2=O)c1. The first-order chi connectivity index (χ1) is 13.7. The van der Waals surface area contributed by atoms with Gasteiger partial charge in [0.05, 0.1) is 11.6 Å². The van der Waals surface area contributed by atoms with Crippen molar-refractivity contribution < 1.29 is 14.2 Å². The monoisotopic (exact) mass is 393 g/mol. The van der Waals surface area contributed by atoms with Gasteiger partial charge in [-0.2, -0.15) is 9.50 Å². The summed E-state index contributed by atoms with van der Waals surface area (Å²) in [7, 11) is 1.61. The second kappa shape index (κ2) is 6.65. The van der Waals surface area contributed by atoms with Crippen LogP contribution in [0.15, 0.2) is 53.3 Å². The van der Waals surface area contributed by atoms with Crippen LogP contribution >= 0.6 is 11.3 Å². The van der Waals surface area contributed by atoms with E-state index < -0.39 is 6.10 Å². The van der Waals surface area contributed by atoms with Gasteiger partial charge in [0.2, 0.25) is 4.96 Å². The normalized spacial score (nSPS) is 16.5. The topological polar surface area (TPSA) is 74.9 Å². The molecule has 1 aliphatic rings. The number of thiazole rings is 1. The lowest BCUT2D eigenvalue weighted by Gasteiger charge is -2.24. The van der Waals surface area contributed by atoms with E-state index in [9.17, 15) is 4.79 Å². The minimum atomic E-state index is -0.452. The number of rotatable bonds is 3. The van der Waals surface area contributed by atoms with E-state index in [0.717, 1.165) is 11.3 Å². The Morgan fingerprint density at radius 1 is 1.21 bits per heavy atom. The van der Waals surface area contributed by atoms with Crippen LogP contribution in [0.1, 0.15) is 17.5 Å². The number of benzene rings is 2. The zero-order valence-electron chi connectivity index (χ0n) is 14.9. The van der Waals surface area contributed by atoms with Crippen molar-refractivity contribution >= 4 is 22.4 Å². The van der Waals surface area contributed by atoms with Crippen LogP contribution in [-0.2, 0) is 0 Å². The average Bonchev–Trinajstić information content (AvgIpc) is 3.27. The molecule has 8 heteroatoms. The molecule has 1 atom stereocenters. The number of hydrogen-bond acceptors (Lipinski definition) is 7. The second-order valence-corrected chi connectivity index (χ2v) is 7.23. The number of aromatic nitrogens is 3. The van der Waals surface area contributed by atoms with Crippen LogP contribution in [0.5, 0.6) is 17.2 Å². The third kappa shape index (κ3) is 2.87. The van der Waals surface area contributed by atoms with Crippen molar-refractivity contribution in [2.75, 3.05) is 13.7 Å². The van der Waals surface area contributed by atoms with Gasteiger partial charge in [0.15, 0.2) is 23.4 Å². The first-order valence-corrected chi connectivity index (χ1v) is 9.46. The Balaban J connectivity index is 1.49. The molecule has 7 nitrogen and oxygen atoms in total. The van der Waals surface area contributed by atoms with Crippen LogP contribution in [0, 0.1) is 0 Å². The highest BCUT2D eigenvalue weighted by Crippen LogP contribution is 2.35. The lowest BCUT2D eigenvalue weighted by molar-refractivity contribution is 0.0852. The van der Waals surface area contributed by atoms with E-state index >= 15 is 0 Å². The smallest absolute Gasteiger partial charge is 0.291 e. The van der Waals surface area contributed by atoms with E-state index in [1.807, 2.05) is 54.6 Å². The molecule has 5 rings (SSSR count). The van der Waals surface area contributed by atoms with Gasteiger partial charge in [-0.05, 0) is 35.9 Å². The van der Waals surface area contributed by atoms with Crippen molar-refractivity contribution in [2.24, 2.45) is 0 Å². The average molecular weight is 393 g/mol. The van der Waals surface area contributed by atoms with Gasteiger partial charge >= 0.3 is 0 Å². The molecule has 140 valence electrons. The summed E-state index contributed by atoms with van der Waals surface area (Å²) in [5.74, 6) is 2.51. The van der Waals surface area contributed by atoms with Gasteiger partial charge in [-0.1, -0.05) is 35.6 Å². The minimum absolute atomic E-state index is 0.210. The van der Waals surface area contributed by atoms with E-state index in [0.29, 0.717) is 33.4 Å². The summed E-state index contributed by atoms with van der Waals surface area (Å²) < 4.78 is 18.7. The number of ether oxygens (including phenoxy) is 3. The van der Waals surface area contributed by atoms with Crippen LogP contribution < -0.4 is 24.3 Å². The van der Waals surface area contributed by atoms with Crippen molar-refractivity contribution in [3.05, 3.63) is 74.8 Å². The number of fused-ring (bicyclic) bond motifs is 2. The van der Waals surface area contributed by atoms with Crippen molar-refractivity contribution in [3.8, 4) is 17.2 Å². The van der Waals surface area contributed by atoms with E-state index in [1.54, 1.807) is 7.11 Å².